The van der Waals surface area contributed by atoms with Crippen LogP contribution in [0.15, 0.2) is 48.5 Å². The molecule has 0 aliphatic heterocycles. The Morgan fingerprint density at radius 2 is 2.00 bits per heavy atom. The summed E-state index contributed by atoms with van der Waals surface area (Å²) in [5.41, 5.74) is 1.44. The summed E-state index contributed by atoms with van der Waals surface area (Å²) in [6.07, 6.45) is 0. The summed E-state index contributed by atoms with van der Waals surface area (Å²) in [7, 11) is 1.61. The highest BCUT2D eigenvalue weighted by Gasteiger charge is 2.18. The molecule has 4 rings (SSSR count). The molecule has 0 aliphatic carbocycles. The number of aromatic nitrogens is 3. The SMILES string of the molecule is COc1ccc2nc3c(cc2c1)c(NC(=O)c1ccccc1F)nn3CC(C)C. The molecule has 0 unspecified atom stereocenters. The number of pyridine rings is 1. The predicted octanol–water partition coefficient (Wildman–Crippen LogP) is 4.64. The van der Waals surface area contributed by atoms with Crippen LogP contribution in [0.1, 0.15) is 24.2 Å². The van der Waals surface area contributed by atoms with Gasteiger partial charge in [0.25, 0.3) is 5.91 Å². The number of carbonyl (C=O) groups is 1. The molecule has 0 spiro atoms. The van der Waals surface area contributed by atoms with E-state index in [1.165, 1.54) is 12.1 Å². The van der Waals surface area contributed by atoms with Gasteiger partial charge in [-0.05, 0) is 42.3 Å². The first-order valence-corrected chi connectivity index (χ1v) is 9.37. The van der Waals surface area contributed by atoms with Gasteiger partial charge in [0.2, 0.25) is 0 Å². The Bertz CT molecular complexity index is 1220. The predicted molar refractivity (Wildman–Crippen MR) is 111 cm³/mol. The molecule has 2 aromatic heterocycles. The molecule has 0 saturated heterocycles. The second kappa shape index (κ2) is 7.50. The average Bonchev–Trinajstić information content (AvgIpc) is 3.01. The normalized spacial score (nSPS) is 11.3. The highest BCUT2D eigenvalue weighted by atomic mass is 19.1. The van der Waals surface area contributed by atoms with Crippen molar-refractivity contribution in [3.05, 3.63) is 59.9 Å². The van der Waals surface area contributed by atoms with Gasteiger partial charge in [-0.15, -0.1) is 0 Å². The summed E-state index contributed by atoms with van der Waals surface area (Å²) < 4.78 is 21.1. The van der Waals surface area contributed by atoms with Crippen LogP contribution in [0.4, 0.5) is 10.2 Å². The van der Waals surface area contributed by atoms with Crippen molar-refractivity contribution in [1.29, 1.82) is 0 Å². The number of hydrogen-bond acceptors (Lipinski definition) is 4. The van der Waals surface area contributed by atoms with Crippen LogP contribution in [0.25, 0.3) is 21.9 Å². The van der Waals surface area contributed by atoms with Crippen molar-refractivity contribution in [3.8, 4) is 5.75 Å². The fraction of sp³-hybridized carbons (Fsp3) is 0.227. The van der Waals surface area contributed by atoms with E-state index in [1.807, 2.05) is 24.3 Å². The number of rotatable bonds is 5. The number of halogens is 1. The van der Waals surface area contributed by atoms with Crippen molar-refractivity contribution in [2.75, 3.05) is 12.4 Å². The smallest absolute Gasteiger partial charge is 0.259 e. The summed E-state index contributed by atoms with van der Waals surface area (Å²) >= 11 is 0. The van der Waals surface area contributed by atoms with Gasteiger partial charge in [0.05, 0.1) is 23.6 Å². The maximum absolute atomic E-state index is 14.0. The first kappa shape index (κ1) is 18.9. The largest absolute Gasteiger partial charge is 0.497 e. The van der Waals surface area contributed by atoms with Crippen LogP contribution in [0, 0.1) is 11.7 Å². The number of nitrogens with zero attached hydrogens (tertiary/aromatic N) is 3. The molecule has 0 fully saturated rings. The van der Waals surface area contributed by atoms with Gasteiger partial charge in [-0.25, -0.2) is 14.1 Å². The average molecular weight is 392 g/mol. The van der Waals surface area contributed by atoms with Crippen LogP contribution in [-0.2, 0) is 6.54 Å². The van der Waals surface area contributed by atoms with Gasteiger partial charge in [0.1, 0.15) is 11.6 Å². The second-order valence-electron chi connectivity index (χ2n) is 7.28. The van der Waals surface area contributed by atoms with E-state index in [-0.39, 0.29) is 5.56 Å². The van der Waals surface area contributed by atoms with Crippen LogP contribution < -0.4 is 10.1 Å². The lowest BCUT2D eigenvalue weighted by Crippen LogP contribution is -2.15. The van der Waals surface area contributed by atoms with Gasteiger partial charge >= 0.3 is 0 Å². The third kappa shape index (κ3) is 3.63. The van der Waals surface area contributed by atoms with Gasteiger partial charge in [-0.1, -0.05) is 26.0 Å². The molecular formula is C22H21FN4O2. The number of methoxy groups -OCH3 is 1. The molecule has 1 N–H and O–H groups in total. The minimum Gasteiger partial charge on any atom is -0.497 e. The summed E-state index contributed by atoms with van der Waals surface area (Å²) in [5.74, 6) is 0.270. The topological polar surface area (TPSA) is 69.0 Å². The Kier molecular flexibility index (Phi) is 4.88. The standard InChI is InChI=1S/C22H21FN4O2/c1-13(2)12-27-21-17(11-14-10-15(29-3)8-9-19(14)24-21)20(26-27)25-22(28)16-6-4-5-7-18(16)23/h4-11,13H,12H2,1-3H3,(H,25,26,28). The summed E-state index contributed by atoms with van der Waals surface area (Å²) in [6.45, 7) is 4.80. The number of fused-ring (bicyclic) bond motifs is 2. The molecule has 4 aromatic rings. The molecule has 0 bridgehead atoms. The monoisotopic (exact) mass is 392 g/mol. The fourth-order valence-corrected chi connectivity index (χ4v) is 3.25. The lowest BCUT2D eigenvalue weighted by Gasteiger charge is -2.06. The molecule has 0 atom stereocenters. The minimum atomic E-state index is -0.579. The zero-order chi connectivity index (χ0) is 20.5. The molecule has 7 heteroatoms. The van der Waals surface area contributed by atoms with Gasteiger partial charge in [0, 0.05) is 11.9 Å². The Labute approximate surface area is 167 Å². The van der Waals surface area contributed by atoms with Crippen molar-refractivity contribution in [2.24, 2.45) is 5.92 Å². The molecule has 2 heterocycles. The quantitative estimate of drug-likeness (QED) is 0.537. The van der Waals surface area contributed by atoms with Crippen molar-refractivity contribution < 1.29 is 13.9 Å². The molecule has 148 valence electrons. The lowest BCUT2D eigenvalue weighted by atomic mass is 10.1. The minimum absolute atomic E-state index is 0.0329. The molecule has 29 heavy (non-hydrogen) atoms. The summed E-state index contributed by atoms with van der Waals surface area (Å²) in [6, 6.07) is 13.4. The van der Waals surface area contributed by atoms with E-state index in [4.69, 9.17) is 9.72 Å². The number of hydrogen-bond donors (Lipinski definition) is 1. The first-order chi connectivity index (χ1) is 14.0. The van der Waals surface area contributed by atoms with Gasteiger partial charge in [-0.2, -0.15) is 5.10 Å². The van der Waals surface area contributed by atoms with E-state index in [1.54, 1.807) is 23.9 Å². The third-order valence-corrected chi connectivity index (χ3v) is 4.61. The van der Waals surface area contributed by atoms with E-state index < -0.39 is 11.7 Å². The molecule has 1 amide bonds. The van der Waals surface area contributed by atoms with E-state index in [2.05, 4.69) is 24.3 Å². The fourth-order valence-electron chi connectivity index (χ4n) is 3.25. The molecule has 2 aromatic carbocycles. The maximum atomic E-state index is 14.0. The van der Waals surface area contributed by atoms with Gasteiger partial charge in [-0.3, -0.25) is 4.79 Å². The second-order valence-corrected chi connectivity index (χ2v) is 7.28. The maximum Gasteiger partial charge on any atom is 0.259 e. The van der Waals surface area contributed by atoms with E-state index in [0.29, 0.717) is 35.1 Å². The number of benzene rings is 2. The Morgan fingerprint density at radius 3 is 2.72 bits per heavy atom. The zero-order valence-corrected chi connectivity index (χ0v) is 16.4. The van der Waals surface area contributed by atoms with E-state index >= 15 is 0 Å². The Balaban J connectivity index is 1.84. The number of nitrogens with one attached hydrogen (secondary N) is 1. The highest BCUT2D eigenvalue weighted by molar-refractivity contribution is 6.09. The van der Waals surface area contributed by atoms with Gasteiger partial charge in [0.15, 0.2) is 11.5 Å². The highest BCUT2D eigenvalue weighted by Crippen LogP contribution is 2.29. The Morgan fingerprint density at radius 1 is 1.21 bits per heavy atom. The molecule has 0 radical (unpaired) electrons. The van der Waals surface area contributed by atoms with Crippen molar-refractivity contribution in [2.45, 2.75) is 20.4 Å². The molecular weight excluding hydrogens is 371 g/mol. The van der Waals surface area contributed by atoms with E-state index in [9.17, 15) is 9.18 Å². The lowest BCUT2D eigenvalue weighted by molar-refractivity contribution is 0.102. The number of ether oxygens (including phenoxy) is 1. The summed E-state index contributed by atoms with van der Waals surface area (Å²) in [5, 5.41) is 8.86. The third-order valence-electron chi connectivity index (χ3n) is 4.61. The van der Waals surface area contributed by atoms with Gasteiger partial charge < -0.3 is 10.1 Å². The molecule has 0 saturated carbocycles. The van der Waals surface area contributed by atoms with Crippen LogP contribution in [0.3, 0.4) is 0 Å². The number of carbonyl (C=O) groups excluding carboxylic acids is 1. The van der Waals surface area contributed by atoms with Crippen molar-refractivity contribution in [1.82, 2.24) is 14.8 Å². The van der Waals surface area contributed by atoms with Crippen LogP contribution in [0.2, 0.25) is 0 Å². The van der Waals surface area contributed by atoms with E-state index in [0.717, 1.165) is 10.9 Å². The van der Waals surface area contributed by atoms with Crippen LogP contribution in [-0.4, -0.2) is 27.8 Å². The number of anilines is 1. The zero-order valence-electron chi connectivity index (χ0n) is 16.4. The van der Waals surface area contributed by atoms with Crippen molar-refractivity contribution in [3.63, 3.8) is 0 Å². The Hall–Kier alpha value is -3.48. The first-order valence-electron chi connectivity index (χ1n) is 9.37. The van der Waals surface area contributed by atoms with Crippen LogP contribution >= 0.6 is 0 Å². The number of amides is 1. The van der Waals surface area contributed by atoms with Crippen LogP contribution in [0.5, 0.6) is 5.75 Å². The summed E-state index contributed by atoms with van der Waals surface area (Å²) in [4.78, 5) is 17.4. The molecule has 6 nitrogen and oxygen atoms in total. The molecule has 0 aliphatic rings. The van der Waals surface area contributed by atoms with Crippen molar-refractivity contribution >= 4 is 33.7 Å².